The zero-order valence-corrected chi connectivity index (χ0v) is 14.5. The van der Waals surface area contributed by atoms with E-state index in [1.807, 2.05) is 0 Å². The summed E-state index contributed by atoms with van der Waals surface area (Å²) in [5, 5.41) is 2.97. The van der Waals surface area contributed by atoms with Crippen molar-refractivity contribution in [3.8, 4) is 0 Å². The number of furan rings is 1. The van der Waals surface area contributed by atoms with Crippen molar-refractivity contribution in [1.82, 2.24) is 9.62 Å². The molecule has 1 aromatic rings. The van der Waals surface area contributed by atoms with Crippen molar-refractivity contribution in [2.45, 2.75) is 49.6 Å². The highest BCUT2D eigenvalue weighted by Crippen LogP contribution is 2.40. The Morgan fingerprint density at radius 1 is 1.38 bits per heavy atom. The highest BCUT2D eigenvalue weighted by molar-refractivity contribution is 9.10. The third kappa shape index (κ3) is 2.81. The molecule has 5 nitrogen and oxygen atoms in total. The van der Waals surface area contributed by atoms with Gasteiger partial charge >= 0.3 is 0 Å². The second-order valence-electron chi connectivity index (χ2n) is 5.90. The van der Waals surface area contributed by atoms with Crippen molar-refractivity contribution in [3.63, 3.8) is 0 Å². The van der Waals surface area contributed by atoms with Crippen LogP contribution in [-0.2, 0) is 16.6 Å². The molecule has 118 valence electrons. The van der Waals surface area contributed by atoms with E-state index in [1.54, 1.807) is 17.4 Å². The highest BCUT2D eigenvalue weighted by Gasteiger charge is 2.43. The number of sulfonamides is 1. The Kier molecular flexibility index (Phi) is 4.45. The number of nitrogens with one attached hydrogen (secondary N) is 1. The highest BCUT2D eigenvalue weighted by atomic mass is 79.9. The zero-order valence-electron chi connectivity index (χ0n) is 12.1. The van der Waals surface area contributed by atoms with Gasteiger partial charge in [-0.1, -0.05) is 12.8 Å². The molecule has 0 amide bonds. The summed E-state index contributed by atoms with van der Waals surface area (Å²) < 4.78 is 33.4. The SMILES string of the molecule is CNCc1cc(S(=O)(=O)N2CCC3CCCCC32)c(Br)o1. The molecule has 1 aliphatic carbocycles. The van der Waals surface area contributed by atoms with Gasteiger partial charge in [-0.05, 0) is 48.2 Å². The van der Waals surface area contributed by atoms with Crippen LogP contribution in [0, 0.1) is 5.92 Å². The Hall–Kier alpha value is -0.370. The summed E-state index contributed by atoms with van der Waals surface area (Å²) in [7, 11) is -1.67. The molecular weight excluding hydrogens is 356 g/mol. The first-order valence-electron chi connectivity index (χ1n) is 7.48. The van der Waals surface area contributed by atoms with E-state index in [0.29, 0.717) is 29.4 Å². The predicted molar refractivity (Wildman–Crippen MR) is 83.4 cm³/mol. The summed E-state index contributed by atoms with van der Waals surface area (Å²) >= 11 is 3.26. The van der Waals surface area contributed by atoms with Crippen molar-refractivity contribution in [1.29, 1.82) is 0 Å². The summed E-state index contributed by atoms with van der Waals surface area (Å²) in [6, 6.07) is 1.81. The fraction of sp³-hybridized carbons (Fsp3) is 0.714. The first-order chi connectivity index (χ1) is 10.0. The fourth-order valence-electron chi connectivity index (χ4n) is 3.62. The van der Waals surface area contributed by atoms with Gasteiger partial charge in [-0.2, -0.15) is 4.31 Å². The average Bonchev–Trinajstić information content (AvgIpc) is 3.03. The smallest absolute Gasteiger partial charge is 0.247 e. The Balaban J connectivity index is 1.90. The third-order valence-electron chi connectivity index (χ3n) is 4.60. The molecule has 2 aliphatic rings. The first kappa shape index (κ1) is 15.5. The van der Waals surface area contributed by atoms with E-state index < -0.39 is 10.0 Å². The van der Waals surface area contributed by atoms with Crippen LogP contribution < -0.4 is 5.32 Å². The van der Waals surface area contributed by atoms with Crippen LogP contribution in [0.25, 0.3) is 0 Å². The van der Waals surface area contributed by atoms with Gasteiger partial charge in [0.25, 0.3) is 0 Å². The molecule has 21 heavy (non-hydrogen) atoms. The number of halogens is 1. The quantitative estimate of drug-likeness (QED) is 0.877. The lowest BCUT2D eigenvalue weighted by atomic mass is 9.86. The monoisotopic (exact) mass is 376 g/mol. The van der Waals surface area contributed by atoms with E-state index in [0.717, 1.165) is 25.7 Å². The summed E-state index contributed by atoms with van der Waals surface area (Å²) in [4.78, 5) is 0.263. The molecule has 3 rings (SSSR count). The van der Waals surface area contributed by atoms with Crippen LogP contribution in [0.3, 0.4) is 0 Å². The molecule has 1 saturated heterocycles. The molecule has 0 radical (unpaired) electrons. The molecule has 0 aromatic carbocycles. The first-order valence-corrected chi connectivity index (χ1v) is 9.72. The minimum absolute atomic E-state index is 0.179. The summed E-state index contributed by atoms with van der Waals surface area (Å²) in [6.45, 7) is 1.15. The van der Waals surface area contributed by atoms with Crippen molar-refractivity contribution >= 4 is 26.0 Å². The van der Waals surface area contributed by atoms with E-state index in [-0.39, 0.29) is 10.9 Å². The van der Waals surface area contributed by atoms with Gasteiger partial charge in [0.1, 0.15) is 10.7 Å². The average molecular weight is 377 g/mol. The topological polar surface area (TPSA) is 62.6 Å². The minimum atomic E-state index is -3.47. The number of hydrogen-bond donors (Lipinski definition) is 1. The van der Waals surface area contributed by atoms with Crippen LogP contribution in [-0.4, -0.2) is 32.4 Å². The standard InChI is InChI=1S/C14H21BrN2O3S/c1-16-9-11-8-13(14(15)20-11)21(18,19)17-7-6-10-4-2-3-5-12(10)17/h8,10,12,16H,2-7,9H2,1H3. The van der Waals surface area contributed by atoms with Crippen LogP contribution in [0.5, 0.6) is 0 Å². The molecule has 0 spiro atoms. The van der Waals surface area contributed by atoms with Crippen LogP contribution in [0.1, 0.15) is 37.9 Å². The predicted octanol–water partition coefficient (Wildman–Crippen LogP) is 2.71. The number of hydrogen-bond acceptors (Lipinski definition) is 4. The van der Waals surface area contributed by atoms with E-state index in [9.17, 15) is 8.42 Å². The maximum atomic E-state index is 12.9. The lowest BCUT2D eigenvalue weighted by Gasteiger charge is -2.30. The van der Waals surface area contributed by atoms with Gasteiger partial charge in [0.2, 0.25) is 10.0 Å². The second-order valence-corrected chi connectivity index (χ2v) is 8.48. The van der Waals surface area contributed by atoms with Gasteiger partial charge in [-0.25, -0.2) is 8.42 Å². The van der Waals surface area contributed by atoms with E-state index >= 15 is 0 Å². The molecule has 7 heteroatoms. The van der Waals surface area contributed by atoms with Gasteiger partial charge in [-0.15, -0.1) is 0 Å². The van der Waals surface area contributed by atoms with Crippen LogP contribution in [0.4, 0.5) is 0 Å². The molecular formula is C14H21BrN2O3S. The Morgan fingerprint density at radius 3 is 2.90 bits per heavy atom. The lowest BCUT2D eigenvalue weighted by Crippen LogP contribution is -2.39. The van der Waals surface area contributed by atoms with Crippen LogP contribution in [0.15, 0.2) is 20.0 Å². The lowest BCUT2D eigenvalue weighted by molar-refractivity contribution is 0.260. The zero-order chi connectivity index (χ0) is 15.0. The van der Waals surface area contributed by atoms with E-state index in [1.165, 1.54) is 6.42 Å². The maximum Gasteiger partial charge on any atom is 0.247 e. The van der Waals surface area contributed by atoms with Crippen molar-refractivity contribution in [2.24, 2.45) is 5.92 Å². The van der Waals surface area contributed by atoms with Crippen LogP contribution >= 0.6 is 15.9 Å². The largest absolute Gasteiger partial charge is 0.452 e. The Labute approximate surface area is 134 Å². The van der Waals surface area contributed by atoms with Gasteiger partial charge in [0, 0.05) is 18.7 Å². The molecule has 2 fully saturated rings. The van der Waals surface area contributed by atoms with E-state index in [4.69, 9.17) is 4.42 Å². The van der Waals surface area contributed by atoms with Gasteiger partial charge < -0.3 is 9.73 Å². The number of fused-ring (bicyclic) bond motifs is 1. The van der Waals surface area contributed by atoms with E-state index in [2.05, 4.69) is 21.2 Å². The molecule has 1 saturated carbocycles. The molecule has 2 atom stereocenters. The fourth-order valence-corrected chi connectivity index (χ4v) is 6.32. The maximum absolute atomic E-state index is 12.9. The van der Waals surface area contributed by atoms with Crippen LogP contribution in [0.2, 0.25) is 0 Å². The van der Waals surface area contributed by atoms with Gasteiger partial charge in [0.15, 0.2) is 4.67 Å². The minimum Gasteiger partial charge on any atom is -0.452 e. The second kappa shape index (κ2) is 6.02. The molecule has 1 aliphatic heterocycles. The normalized spacial score (nSPS) is 27.0. The Bertz CT molecular complexity index is 614. The number of rotatable bonds is 4. The number of nitrogens with zero attached hydrogens (tertiary/aromatic N) is 1. The summed E-state index contributed by atoms with van der Waals surface area (Å²) in [6.07, 6.45) is 5.50. The summed E-state index contributed by atoms with van der Waals surface area (Å²) in [5.41, 5.74) is 0. The third-order valence-corrected chi connectivity index (χ3v) is 7.38. The molecule has 1 aromatic heterocycles. The summed E-state index contributed by atoms with van der Waals surface area (Å²) in [5.74, 6) is 1.17. The van der Waals surface area contributed by atoms with Gasteiger partial charge in [0.05, 0.1) is 6.54 Å². The molecule has 2 unspecified atom stereocenters. The Morgan fingerprint density at radius 2 is 2.14 bits per heavy atom. The van der Waals surface area contributed by atoms with Crippen molar-refractivity contribution < 1.29 is 12.8 Å². The van der Waals surface area contributed by atoms with Crippen molar-refractivity contribution in [2.75, 3.05) is 13.6 Å². The van der Waals surface area contributed by atoms with Crippen molar-refractivity contribution in [3.05, 3.63) is 16.5 Å². The molecule has 1 N–H and O–H groups in total. The molecule has 2 heterocycles. The molecule has 0 bridgehead atoms. The van der Waals surface area contributed by atoms with Gasteiger partial charge in [-0.3, -0.25) is 0 Å².